The summed E-state index contributed by atoms with van der Waals surface area (Å²) in [6.07, 6.45) is -12.7. The Morgan fingerprint density at radius 1 is 0.548 bits per heavy atom. The van der Waals surface area contributed by atoms with E-state index in [2.05, 4.69) is 10.5 Å². The number of nitrogens with two attached hydrogens (primary N) is 1. The third kappa shape index (κ3) is 4.12. The molecule has 0 fully saturated rings. The molecule has 0 heterocycles. The smallest absolute Gasteiger partial charge is 0.449 e. The summed E-state index contributed by atoms with van der Waals surface area (Å²) < 4.78 is 223. The van der Waals surface area contributed by atoms with Crippen LogP contribution in [0.3, 0.4) is 0 Å². The fourth-order valence-electron chi connectivity index (χ4n) is 1.63. The topological polar surface area (TPSA) is 52.3 Å². The summed E-state index contributed by atoms with van der Waals surface area (Å²) in [5.41, 5.74) is 4.16. The van der Waals surface area contributed by atoms with Crippen LogP contribution in [-0.2, 0) is 4.74 Å². The second-order valence-electron chi connectivity index (χ2n) is 5.57. The van der Waals surface area contributed by atoms with Crippen LogP contribution in [0.15, 0.2) is 0 Å². The first-order valence-electron chi connectivity index (χ1n) is 6.80. The maximum absolute atomic E-state index is 13.3. The Balaban J connectivity index is 6.46. The molecule has 3 nitrogen and oxygen atoms in total. The normalized spacial score (nSPS) is 15.8. The minimum absolute atomic E-state index is 2.02. The van der Waals surface area contributed by atoms with Gasteiger partial charge in [0.15, 0.2) is 0 Å². The minimum Gasteiger partial charge on any atom is -0.449 e. The zero-order chi connectivity index (χ0) is 25.7. The molecule has 0 aromatic heterocycles. The van der Waals surface area contributed by atoms with Gasteiger partial charge in [-0.2, -0.15) is 74.6 Å². The second kappa shape index (κ2) is 7.59. The molecule has 0 spiro atoms. The lowest BCUT2D eigenvalue weighted by Crippen LogP contribution is -2.74. The van der Waals surface area contributed by atoms with Gasteiger partial charge < -0.3 is 10.5 Å². The van der Waals surface area contributed by atoms with Gasteiger partial charge in [-0.05, 0) is 0 Å². The summed E-state index contributed by atoms with van der Waals surface area (Å²) in [6.45, 7) is -2.06. The molecule has 0 aliphatic rings. The molecule has 31 heavy (non-hydrogen) atoms. The highest BCUT2D eigenvalue weighted by Crippen LogP contribution is 2.64. The van der Waals surface area contributed by atoms with E-state index in [0.717, 1.165) is 0 Å². The fraction of sp³-hybridized carbons (Fsp3) is 0.909. The zero-order valence-electron chi connectivity index (χ0n) is 13.7. The molecule has 0 aromatic rings. The average molecular weight is 507 g/mol. The summed E-state index contributed by atoms with van der Waals surface area (Å²) >= 11 is 0. The molecule has 0 bridgehead atoms. The summed E-state index contributed by atoms with van der Waals surface area (Å²) in [5, 5.41) is 0. The quantitative estimate of drug-likeness (QED) is 0.421. The van der Waals surface area contributed by atoms with Crippen LogP contribution in [0.5, 0.6) is 0 Å². The van der Waals surface area contributed by atoms with E-state index in [4.69, 9.17) is 0 Å². The van der Waals surface area contributed by atoms with Crippen molar-refractivity contribution in [3.8, 4) is 0 Å². The molecule has 0 aromatic carbocycles. The molecular weight excluding hydrogens is 501 g/mol. The van der Waals surface area contributed by atoms with Gasteiger partial charge in [-0.25, -0.2) is 4.79 Å². The number of ether oxygens (including phenoxy) is 1. The molecule has 0 aliphatic carbocycles. The van der Waals surface area contributed by atoms with Crippen molar-refractivity contribution in [2.75, 3.05) is 6.61 Å². The summed E-state index contributed by atoms with van der Waals surface area (Å²) in [5.74, 6) is -56.8. The van der Waals surface area contributed by atoms with Crippen LogP contribution in [0.1, 0.15) is 6.42 Å². The number of hydrogen-bond acceptors (Lipinski definition) is 2. The van der Waals surface area contributed by atoms with E-state index in [1.807, 2.05) is 0 Å². The first kappa shape index (κ1) is 29.1. The molecular formula is C11H6F17NO2. The van der Waals surface area contributed by atoms with Crippen LogP contribution in [0.25, 0.3) is 0 Å². The van der Waals surface area contributed by atoms with E-state index >= 15 is 0 Å². The van der Waals surface area contributed by atoms with E-state index in [1.165, 1.54) is 0 Å². The molecule has 0 unspecified atom stereocenters. The van der Waals surface area contributed by atoms with Gasteiger partial charge >= 0.3 is 53.7 Å². The Morgan fingerprint density at radius 2 is 0.839 bits per heavy atom. The molecule has 0 saturated heterocycles. The van der Waals surface area contributed by atoms with E-state index in [9.17, 15) is 79.4 Å². The Hall–Kier alpha value is -1.92. The maximum atomic E-state index is 13.3. The number of hydrogen-bond donors (Lipinski definition) is 1. The van der Waals surface area contributed by atoms with Crippen LogP contribution in [-0.4, -0.2) is 60.3 Å². The van der Waals surface area contributed by atoms with Crippen LogP contribution in [0.2, 0.25) is 0 Å². The molecule has 0 rings (SSSR count). The van der Waals surface area contributed by atoms with Gasteiger partial charge in [0.05, 0.1) is 13.0 Å². The third-order valence-corrected chi connectivity index (χ3v) is 3.45. The number of primary amides is 1. The number of carbonyl (C=O) groups excluding carboxylic acids is 1. The predicted octanol–water partition coefficient (Wildman–Crippen LogP) is 5.48. The molecule has 1 amide bonds. The van der Waals surface area contributed by atoms with Crippen LogP contribution in [0, 0.1) is 0 Å². The van der Waals surface area contributed by atoms with E-state index in [-0.39, 0.29) is 0 Å². The molecule has 0 aliphatic heterocycles. The average Bonchev–Trinajstić information content (AvgIpc) is 2.51. The van der Waals surface area contributed by atoms with Crippen LogP contribution < -0.4 is 5.73 Å². The lowest BCUT2D eigenvalue weighted by atomic mass is 9.88. The van der Waals surface area contributed by atoms with Gasteiger partial charge in [0.1, 0.15) is 0 Å². The summed E-state index contributed by atoms with van der Waals surface area (Å²) in [6, 6.07) is 0. The first-order chi connectivity index (χ1) is 13.2. The van der Waals surface area contributed by atoms with Crippen molar-refractivity contribution in [3.05, 3.63) is 0 Å². The lowest BCUT2D eigenvalue weighted by Gasteiger charge is -2.42. The van der Waals surface area contributed by atoms with Crippen molar-refractivity contribution < 1.29 is 84.2 Å². The minimum atomic E-state index is -8.67. The van der Waals surface area contributed by atoms with E-state index < -0.39 is 66.8 Å². The Bertz CT molecular complexity index is 667. The van der Waals surface area contributed by atoms with Crippen molar-refractivity contribution in [1.29, 1.82) is 0 Å². The fourth-order valence-corrected chi connectivity index (χ4v) is 1.63. The third-order valence-electron chi connectivity index (χ3n) is 3.45. The standard InChI is InChI=1S/C11H6F17NO2/c12-4(13,1-2-31-3(29)30)5(14,15)6(16,17)7(18,19)8(20,21)9(22,23)10(24,25)11(26,27)28/h1-2H2,(H2,29,30). The van der Waals surface area contributed by atoms with Gasteiger partial charge in [-0.1, -0.05) is 0 Å². The molecule has 20 heteroatoms. The molecule has 186 valence electrons. The van der Waals surface area contributed by atoms with Crippen molar-refractivity contribution >= 4 is 6.09 Å². The van der Waals surface area contributed by atoms with Crippen molar-refractivity contribution in [2.24, 2.45) is 5.73 Å². The highest BCUT2D eigenvalue weighted by Gasteiger charge is 2.95. The highest BCUT2D eigenvalue weighted by molar-refractivity contribution is 5.64. The van der Waals surface area contributed by atoms with Gasteiger partial charge in [0, 0.05) is 0 Å². The number of alkyl halides is 17. The number of rotatable bonds is 9. The van der Waals surface area contributed by atoms with Crippen molar-refractivity contribution in [1.82, 2.24) is 0 Å². The van der Waals surface area contributed by atoms with Crippen molar-refractivity contribution in [3.63, 3.8) is 0 Å². The van der Waals surface area contributed by atoms with E-state index in [0.29, 0.717) is 0 Å². The van der Waals surface area contributed by atoms with Gasteiger partial charge in [0.2, 0.25) is 0 Å². The monoisotopic (exact) mass is 507 g/mol. The Labute approximate surface area is 158 Å². The number of carbonyl (C=O) groups is 1. The maximum Gasteiger partial charge on any atom is 0.460 e. The first-order valence-corrected chi connectivity index (χ1v) is 6.80. The Kier molecular flexibility index (Phi) is 7.12. The zero-order valence-corrected chi connectivity index (χ0v) is 13.7. The Morgan fingerprint density at radius 3 is 1.13 bits per heavy atom. The lowest BCUT2D eigenvalue weighted by molar-refractivity contribution is -0.461. The predicted molar refractivity (Wildman–Crippen MR) is 60.8 cm³/mol. The number of amides is 1. The van der Waals surface area contributed by atoms with Crippen LogP contribution in [0.4, 0.5) is 79.4 Å². The SMILES string of the molecule is NC(=O)OCCC(F)(F)C(F)(F)C(F)(F)C(F)(F)C(F)(F)C(F)(F)C(F)(F)C(F)(F)F. The van der Waals surface area contributed by atoms with Crippen molar-refractivity contribution in [2.45, 2.75) is 54.1 Å². The number of halogens is 17. The van der Waals surface area contributed by atoms with Gasteiger partial charge in [0.25, 0.3) is 0 Å². The second-order valence-corrected chi connectivity index (χ2v) is 5.57. The molecule has 0 atom stereocenters. The van der Waals surface area contributed by atoms with Crippen LogP contribution >= 0.6 is 0 Å². The van der Waals surface area contributed by atoms with E-state index in [1.54, 1.807) is 0 Å². The van der Waals surface area contributed by atoms with Gasteiger partial charge in [-0.15, -0.1) is 0 Å². The molecule has 0 radical (unpaired) electrons. The largest absolute Gasteiger partial charge is 0.460 e. The van der Waals surface area contributed by atoms with Gasteiger partial charge in [-0.3, -0.25) is 0 Å². The summed E-state index contributed by atoms with van der Waals surface area (Å²) in [4.78, 5) is 10.1. The molecule has 2 N–H and O–H groups in total. The summed E-state index contributed by atoms with van der Waals surface area (Å²) in [7, 11) is 0. The molecule has 0 saturated carbocycles. The highest BCUT2D eigenvalue weighted by atomic mass is 19.4.